The molecule has 4 nitrogen and oxygen atoms in total. The summed E-state index contributed by atoms with van der Waals surface area (Å²) >= 11 is 1.64. The first-order valence-corrected chi connectivity index (χ1v) is 7.29. The van der Waals surface area contributed by atoms with E-state index in [1.165, 1.54) is 0 Å². The van der Waals surface area contributed by atoms with Gasteiger partial charge in [-0.2, -0.15) is 5.26 Å². The first-order valence-electron chi connectivity index (χ1n) is 6.06. The molecule has 1 atom stereocenters. The third-order valence-corrected chi connectivity index (χ3v) is 4.76. The largest absolute Gasteiger partial charge is 0.355 e. The summed E-state index contributed by atoms with van der Waals surface area (Å²) in [6.07, 6.45) is 3.68. The molecule has 96 valence electrons. The van der Waals surface area contributed by atoms with Crippen molar-refractivity contribution in [1.29, 1.82) is 5.26 Å². The highest BCUT2D eigenvalue weighted by molar-refractivity contribution is 8.00. The quantitative estimate of drug-likeness (QED) is 0.821. The van der Waals surface area contributed by atoms with Gasteiger partial charge >= 0.3 is 0 Å². The Morgan fingerprint density at radius 3 is 2.59 bits per heavy atom. The van der Waals surface area contributed by atoms with E-state index >= 15 is 0 Å². The molecule has 1 heterocycles. The van der Waals surface area contributed by atoms with E-state index in [1.807, 2.05) is 20.1 Å². The van der Waals surface area contributed by atoms with Crippen LogP contribution >= 0.6 is 11.8 Å². The minimum absolute atomic E-state index is 0.0844. The van der Waals surface area contributed by atoms with Crippen LogP contribution in [0.3, 0.4) is 0 Å². The lowest BCUT2D eigenvalue weighted by atomic mass is 9.96. The van der Waals surface area contributed by atoms with E-state index in [9.17, 15) is 10.1 Å². The average molecular weight is 255 g/mol. The van der Waals surface area contributed by atoms with E-state index in [1.54, 1.807) is 11.8 Å². The smallest absolute Gasteiger partial charge is 0.237 e. The van der Waals surface area contributed by atoms with Crippen LogP contribution in [0.1, 0.15) is 26.7 Å². The maximum Gasteiger partial charge on any atom is 0.237 e. The standard InChI is InChI=1S/C12H21N3OS/c1-4-14-11(16)10(2)15-7-5-12(9-13,17-3)6-8-15/h10H,4-8H2,1-3H3,(H,14,16). The number of hydrogen-bond donors (Lipinski definition) is 1. The number of piperidine rings is 1. The Labute approximate surface area is 108 Å². The molecule has 1 fully saturated rings. The normalized spacial score (nSPS) is 21.5. The predicted molar refractivity (Wildman–Crippen MR) is 70.8 cm³/mol. The zero-order chi connectivity index (χ0) is 12.9. The van der Waals surface area contributed by atoms with E-state index in [0.29, 0.717) is 6.54 Å². The van der Waals surface area contributed by atoms with E-state index in [2.05, 4.69) is 16.3 Å². The molecular weight excluding hydrogens is 234 g/mol. The summed E-state index contributed by atoms with van der Waals surface area (Å²) in [6, 6.07) is 2.33. The van der Waals surface area contributed by atoms with Crippen molar-refractivity contribution in [1.82, 2.24) is 10.2 Å². The molecule has 1 rings (SSSR count). The number of rotatable bonds is 4. The summed E-state index contributed by atoms with van der Waals surface area (Å²) < 4.78 is -0.239. The lowest BCUT2D eigenvalue weighted by Crippen LogP contribution is -2.51. The second kappa shape index (κ2) is 6.27. The number of likely N-dealkylation sites (N-methyl/N-ethyl adjacent to an activating group) is 1. The van der Waals surface area contributed by atoms with Crippen LogP contribution in [0.4, 0.5) is 0 Å². The fourth-order valence-electron chi connectivity index (χ4n) is 2.12. The van der Waals surface area contributed by atoms with Gasteiger partial charge in [-0.25, -0.2) is 0 Å². The summed E-state index contributed by atoms with van der Waals surface area (Å²) in [7, 11) is 0. The molecule has 1 saturated heterocycles. The number of hydrogen-bond acceptors (Lipinski definition) is 4. The van der Waals surface area contributed by atoms with Gasteiger partial charge in [0.15, 0.2) is 0 Å². The lowest BCUT2D eigenvalue weighted by Gasteiger charge is -2.38. The van der Waals surface area contributed by atoms with Crippen molar-refractivity contribution in [2.24, 2.45) is 0 Å². The third-order valence-electron chi connectivity index (χ3n) is 3.48. The van der Waals surface area contributed by atoms with Gasteiger partial charge in [0.2, 0.25) is 5.91 Å². The van der Waals surface area contributed by atoms with Gasteiger partial charge in [-0.05, 0) is 32.9 Å². The van der Waals surface area contributed by atoms with Crippen molar-refractivity contribution >= 4 is 17.7 Å². The Morgan fingerprint density at radius 1 is 1.59 bits per heavy atom. The number of likely N-dealkylation sites (tertiary alicyclic amines) is 1. The highest BCUT2D eigenvalue weighted by Crippen LogP contribution is 2.34. The van der Waals surface area contributed by atoms with Crippen LogP contribution in [-0.4, -0.2) is 47.5 Å². The molecule has 0 aliphatic carbocycles. The van der Waals surface area contributed by atoms with Gasteiger partial charge < -0.3 is 5.32 Å². The van der Waals surface area contributed by atoms with Crippen molar-refractivity contribution in [3.63, 3.8) is 0 Å². The van der Waals surface area contributed by atoms with Crippen LogP contribution in [0.15, 0.2) is 0 Å². The van der Waals surface area contributed by atoms with Crippen LogP contribution < -0.4 is 5.32 Å². The highest BCUT2D eigenvalue weighted by Gasteiger charge is 2.36. The molecular formula is C12H21N3OS. The molecule has 1 amide bonds. The van der Waals surface area contributed by atoms with Crippen molar-refractivity contribution in [3.8, 4) is 6.07 Å². The maximum atomic E-state index is 11.7. The van der Waals surface area contributed by atoms with Crippen molar-refractivity contribution in [2.45, 2.75) is 37.5 Å². The molecule has 0 aromatic carbocycles. The number of nitrogens with one attached hydrogen (secondary N) is 1. The predicted octanol–water partition coefficient (Wildman–Crippen LogP) is 1.23. The highest BCUT2D eigenvalue weighted by atomic mass is 32.2. The number of thioether (sulfide) groups is 1. The van der Waals surface area contributed by atoms with Crippen LogP contribution in [0.5, 0.6) is 0 Å². The molecule has 0 radical (unpaired) electrons. The van der Waals surface area contributed by atoms with Gasteiger partial charge in [-0.3, -0.25) is 9.69 Å². The Balaban J connectivity index is 2.52. The number of nitriles is 1. The summed E-state index contributed by atoms with van der Waals surface area (Å²) in [5.74, 6) is 0.0844. The molecule has 17 heavy (non-hydrogen) atoms. The van der Waals surface area contributed by atoms with E-state index < -0.39 is 0 Å². The molecule has 1 aliphatic heterocycles. The van der Waals surface area contributed by atoms with Gasteiger partial charge in [0, 0.05) is 19.6 Å². The summed E-state index contributed by atoms with van der Waals surface area (Å²) in [4.78, 5) is 13.9. The SMILES string of the molecule is CCNC(=O)C(C)N1CCC(C#N)(SC)CC1. The van der Waals surface area contributed by atoms with Crippen LogP contribution in [-0.2, 0) is 4.79 Å². The molecule has 5 heteroatoms. The van der Waals surface area contributed by atoms with E-state index in [0.717, 1.165) is 25.9 Å². The first-order chi connectivity index (χ1) is 8.08. The molecule has 0 aromatic heterocycles. The molecule has 0 spiro atoms. The minimum atomic E-state index is -0.239. The molecule has 1 aliphatic rings. The third kappa shape index (κ3) is 3.36. The van der Waals surface area contributed by atoms with Gasteiger partial charge in [0.1, 0.15) is 4.75 Å². The number of carbonyl (C=O) groups is 1. The Bertz CT molecular complexity index is 305. The Hall–Kier alpha value is -0.730. The number of carbonyl (C=O) groups excluding carboxylic acids is 1. The summed E-state index contributed by atoms with van der Waals surface area (Å²) in [5, 5.41) is 12.0. The van der Waals surface area contributed by atoms with Crippen molar-refractivity contribution in [3.05, 3.63) is 0 Å². The van der Waals surface area contributed by atoms with Crippen LogP contribution in [0.25, 0.3) is 0 Å². The van der Waals surface area contributed by atoms with Crippen LogP contribution in [0.2, 0.25) is 0 Å². The Kier molecular flexibility index (Phi) is 5.29. The fourth-order valence-corrected chi connectivity index (χ4v) is 2.80. The maximum absolute atomic E-state index is 11.7. The monoisotopic (exact) mass is 255 g/mol. The lowest BCUT2D eigenvalue weighted by molar-refractivity contribution is -0.126. The van der Waals surface area contributed by atoms with Gasteiger partial charge in [0.25, 0.3) is 0 Å². The molecule has 1 unspecified atom stereocenters. The first kappa shape index (κ1) is 14.3. The minimum Gasteiger partial charge on any atom is -0.355 e. The number of amides is 1. The van der Waals surface area contributed by atoms with E-state index in [4.69, 9.17) is 0 Å². The van der Waals surface area contributed by atoms with E-state index in [-0.39, 0.29) is 16.7 Å². The van der Waals surface area contributed by atoms with Gasteiger partial charge in [-0.15, -0.1) is 11.8 Å². The zero-order valence-electron chi connectivity index (χ0n) is 10.8. The average Bonchev–Trinajstić information content (AvgIpc) is 2.38. The Morgan fingerprint density at radius 2 is 2.18 bits per heavy atom. The molecule has 1 N–H and O–H groups in total. The zero-order valence-corrected chi connectivity index (χ0v) is 11.6. The van der Waals surface area contributed by atoms with Crippen LogP contribution in [0, 0.1) is 11.3 Å². The second-order valence-corrected chi connectivity index (χ2v) is 5.61. The van der Waals surface area contributed by atoms with Gasteiger partial charge in [0.05, 0.1) is 12.1 Å². The summed E-state index contributed by atoms with van der Waals surface area (Å²) in [5.41, 5.74) is 0. The fraction of sp³-hybridized carbons (Fsp3) is 0.833. The second-order valence-electron chi connectivity index (χ2n) is 4.42. The molecule has 0 aromatic rings. The topological polar surface area (TPSA) is 56.1 Å². The number of nitrogens with zero attached hydrogens (tertiary/aromatic N) is 2. The summed E-state index contributed by atoms with van der Waals surface area (Å²) in [6.45, 7) is 6.18. The molecule has 0 saturated carbocycles. The van der Waals surface area contributed by atoms with Gasteiger partial charge in [-0.1, -0.05) is 0 Å². The van der Waals surface area contributed by atoms with Crippen molar-refractivity contribution < 1.29 is 4.79 Å². The van der Waals surface area contributed by atoms with Crippen molar-refractivity contribution in [2.75, 3.05) is 25.9 Å². The molecule has 0 bridgehead atoms.